The number of carbonyl (C=O) groups excluding carboxylic acids is 2. The molecule has 4 rings (SSSR count). The summed E-state index contributed by atoms with van der Waals surface area (Å²) in [5.41, 5.74) is 3.74. The molecular weight excluding hydrogens is 468 g/mol. The Bertz CT molecular complexity index is 1270. The van der Waals surface area contributed by atoms with Gasteiger partial charge in [-0.25, -0.2) is 0 Å². The van der Waals surface area contributed by atoms with Crippen LogP contribution in [0.25, 0.3) is 6.08 Å². The smallest absolute Gasteiger partial charge is 0.269 e. The van der Waals surface area contributed by atoms with Crippen LogP contribution in [0.5, 0.6) is 0 Å². The van der Waals surface area contributed by atoms with Gasteiger partial charge in [0.1, 0.15) is 0 Å². The van der Waals surface area contributed by atoms with Crippen LogP contribution < -0.4 is 15.5 Å². The van der Waals surface area contributed by atoms with Crippen LogP contribution in [-0.4, -0.2) is 36.4 Å². The molecule has 2 N–H and O–H groups in total. The summed E-state index contributed by atoms with van der Waals surface area (Å²) in [6.45, 7) is 2.30. The summed E-state index contributed by atoms with van der Waals surface area (Å²) in [5.74, 6) is -0.534. The first-order valence-corrected chi connectivity index (χ1v) is 12.4. The van der Waals surface area contributed by atoms with Gasteiger partial charge in [-0.1, -0.05) is 30.3 Å². The Morgan fingerprint density at radius 1 is 0.946 bits per heavy atom. The SMILES string of the molecule is O=C(/C=C/c1ccc([N+](=O)[O-])cc1)Nc1ccc(N2CCCCC2)c(C(=O)NCCc2ccccc2)c1. The lowest BCUT2D eigenvalue weighted by atomic mass is 10.1. The van der Waals surface area contributed by atoms with E-state index in [1.54, 1.807) is 24.3 Å². The Hall–Kier alpha value is -4.46. The maximum Gasteiger partial charge on any atom is 0.269 e. The number of anilines is 2. The molecule has 8 heteroatoms. The third-order valence-electron chi connectivity index (χ3n) is 6.28. The molecule has 3 aromatic rings. The second kappa shape index (κ2) is 12.5. The maximum absolute atomic E-state index is 13.2. The summed E-state index contributed by atoms with van der Waals surface area (Å²) in [6.07, 6.45) is 7.03. The number of hydrogen-bond donors (Lipinski definition) is 2. The Morgan fingerprint density at radius 3 is 2.38 bits per heavy atom. The molecule has 1 heterocycles. The predicted molar refractivity (Wildman–Crippen MR) is 146 cm³/mol. The van der Waals surface area contributed by atoms with E-state index in [2.05, 4.69) is 15.5 Å². The fraction of sp³-hybridized carbons (Fsp3) is 0.241. The van der Waals surface area contributed by atoms with Gasteiger partial charge in [-0.15, -0.1) is 0 Å². The van der Waals surface area contributed by atoms with Crippen LogP contribution in [-0.2, 0) is 11.2 Å². The molecule has 1 fully saturated rings. The van der Waals surface area contributed by atoms with Crippen molar-refractivity contribution in [1.29, 1.82) is 0 Å². The van der Waals surface area contributed by atoms with Crippen LogP contribution in [0.1, 0.15) is 40.7 Å². The van der Waals surface area contributed by atoms with Gasteiger partial charge in [0, 0.05) is 49.2 Å². The molecule has 37 heavy (non-hydrogen) atoms. The van der Waals surface area contributed by atoms with Gasteiger partial charge in [-0.3, -0.25) is 19.7 Å². The maximum atomic E-state index is 13.2. The summed E-state index contributed by atoms with van der Waals surface area (Å²) in [7, 11) is 0. The molecule has 0 aliphatic carbocycles. The van der Waals surface area contributed by atoms with E-state index in [9.17, 15) is 19.7 Å². The highest BCUT2D eigenvalue weighted by Gasteiger charge is 2.19. The van der Waals surface area contributed by atoms with E-state index in [1.165, 1.54) is 24.6 Å². The van der Waals surface area contributed by atoms with Gasteiger partial charge >= 0.3 is 0 Å². The molecule has 1 saturated heterocycles. The summed E-state index contributed by atoms with van der Waals surface area (Å²) in [5, 5.41) is 16.6. The second-order valence-electron chi connectivity index (χ2n) is 8.94. The third-order valence-corrected chi connectivity index (χ3v) is 6.28. The number of nitro groups is 1. The number of rotatable bonds is 9. The normalized spacial score (nSPS) is 13.4. The predicted octanol–water partition coefficient (Wildman–Crippen LogP) is 5.21. The average molecular weight is 499 g/mol. The number of carbonyl (C=O) groups is 2. The molecule has 0 bridgehead atoms. The van der Waals surface area contributed by atoms with Crippen molar-refractivity contribution >= 4 is 35.0 Å². The van der Waals surface area contributed by atoms with Crippen LogP contribution in [0.4, 0.5) is 17.1 Å². The fourth-order valence-corrected chi connectivity index (χ4v) is 4.33. The highest BCUT2D eigenvalue weighted by molar-refractivity contribution is 6.05. The minimum absolute atomic E-state index is 0.00929. The number of hydrogen-bond acceptors (Lipinski definition) is 5. The van der Waals surface area contributed by atoms with E-state index in [0.29, 0.717) is 23.4 Å². The zero-order valence-electron chi connectivity index (χ0n) is 20.6. The van der Waals surface area contributed by atoms with E-state index >= 15 is 0 Å². The monoisotopic (exact) mass is 498 g/mol. The van der Waals surface area contributed by atoms with Gasteiger partial charge in [0.25, 0.3) is 11.6 Å². The molecule has 0 radical (unpaired) electrons. The van der Waals surface area contributed by atoms with E-state index < -0.39 is 4.92 Å². The number of nitrogens with zero attached hydrogens (tertiary/aromatic N) is 2. The van der Waals surface area contributed by atoms with Gasteiger partial charge in [0.05, 0.1) is 10.5 Å². The largest absolute Gasteiger partial charge is 0.371 e. The number of non-ortho nitro benzene ring substituents is 1. The van der Waals surface area contributed by atoms with Crippen molar-refractivity contribution in [1.82, 2.24) is 5.32 Å². The fourth-order valence-electron chi connectivity index (χ4n) is 4.33. The molecule has 0 saturated carbocycles. The van der Waals surface area contributed by atoms with E-state index in [4.69, 9.17) is 0 Å². The molecule has 0 unspecified atom stereocenters. The number of nitrogens with one attached hydrogen (secondary N) is 2. The number of benzene rings is 3. The van der Waals surface area contributed by atoms with Crippen molar-refractivity contribution in [2.45, 2.75) is 25.7 Å². The Morgan fingerprint density at radius 2 is 1.68 bits per heavy atom. The first-order chi connectivity index (χ1) is 18.0. The number of nitro benzene ring substituents is 1. The van der Waals surface area contributed by atoms with Gasteiger partial charge < -0.3 is 15.5 Å². The highest BCUT2D eigenvalue weighted by atomic mass is 16.6. The zero-order chi connectivity index (χ0) is 26.0. The van der Waals surface area contributed by atoms with Gasteiger partial charge in [-0.05, 0) is 73.2 Å². The molecule has 8 nitrogen and oxygen atoms in total. The van der Waals surface area contributed by atoms with E-state index in [-0.39, 0.29) is 17.5 Å². The van der Waals surface area contributed by atoms with Crippen molar-refractivity contribution in [3.05, 3.63) is 106 Å². The van der Waals surface area contributed by atoms with Gasteiger partial charge in [0.2, 0.25) is 5.91 Å². The Balaban J connectivity index is 1.45. The topological polar surface area (TPSA) is 105 Å². The lowest BCUT2D eigenvalue weighted by Crippen LogP contribution is -2.33. The van der Waals surface area contributed by atoms with Crippen molar-refractivity contribution in [2.24, 2.45) is 0 Å². The standard InChI is InChI=1S/C29H30N4O4/c34-28(16-11-23-9-13-25(14-10-23)33(36)37)31-24-12-15-27(32-19-5-2-6-20-32)26(21-24)29(35)30-18-17-22-7-3-1-4-8-22/h1,3-4,7-16,21H,2,5-6,17-20H2,(H,30,35)(H,31,34)/b16-11+. The van der Waals surface area contributed by atoms with Gasteiger partial charge in [0.15, 0.2) is 0 Å². The van der Waals surface area contributed by atoms with Gasteiger partial charge in [-0.2, -0.15) is 0 Å². The summed E-state index contributed by atoms with van der Waals surface area (Å²) in [4.78, 5) is 38.3. The minimum atomic E-state index is -0.469. The van der Waals surface area contributed by atoms with E-state index in [1.807, 2.05) is 42.5 Å². The van der Waals surface area contributed by atoms with Crippen molar-refractivity contribution < 1.29 is 14.5 Å². The summed E-state index contributed by atoms with van der Waals surface area (Å²) in [6, 6.07) is 21.3. The van der Waals surface area contributed by atoms with Crippen LogP contribution >= 0.6 is 0 Å². The zero-order valence-corrected chi connectivity index (χ0v) is 20.6. The first kappa shape index (κ1) is 25.6. The number of piperidine rings is 1. The Kier molecular flexibility index (Phi) is 8.65. The lowest BCUT2D eigenvalue weighted by molar-refractivity contribution is -0.384. The average Bonchev–Trinajstić information content (AvgIpc) is 2.93. The molecular formula is C29H30N4O4. The second-order valence-corrected chi connectivity index (χ2v) is 8.94. The molecule has 2 amide bonds. The van der Waals surface area contributed by atoms with Crippen molar-refractivity contribution in [2.75, 3.05) is 29.9 Å². The van der Waals surface area contributed by atoms with Crippen LogP contribution in [0.2, 0.25) is 0 Å². The van der Waals surface area contributed by atoms with Crippen molar-refractivity contribution in [3.63, 3.8) is 0 Å². The van der Waals surface area contributed by atoms with Crippen LogP contribution in [0, 0.1) is 10.1 Å². The minimum Gasteiger partial charge on any atom is -0.371 e. The first-order valence-electron chi connectivity index (χ1n) is 12.4. The molecule has 0 spiro atoms. The molecule has 0 atom stereocenters. The Labute approximate surface area is 216 Å². The lowest BCUT2D eigenvalue weighted by Gasteiger charge is -2.30. The molecule has 1 aliphatic rings. The number of amides is 2. The van der Waals surface area contributed by atoms with E-state index in [0.717, 1.165) is 43.6 Å². The highest BCUT2D eigenvalue weighted by Crippen LogP contribution is 2.27. The van der Waals surface area contributed by atoms with Crippen LogP contribution in [0.15, 0.2) is 78.9 Å². The quantitative estimate of drug-likeness (QED) is 0.239. The molecule has 3 aromatic carbocycles. The third kappa shape index (κ3) is 7.27. The molecule has 0 aromatic heterocycles. The summed E-state index contributed by atoms with van der Waals surface area (Å²) >= 11 is 0. The molecule has 1 aliphatic heterocycles. The van der Waals surface area contributed by atoms with Crippen LogP contribution in [0.3, 0.4) is 0 Å². The molecule has 190 valence electrons. The summed E-state index contributed by atoms with van der Waals surface area (Å²) < 4.78 is 0. The van der Waals surface area contributed by atoms with Crippen molar-refractivity contribution in [3.8, 4) is 0 Å².